The van der Waals surface area contributed by atoms with Gasteiger partial charge in [-0.25, -0.2) is 0 Å². The molecule has 0 atom stereocenters. The highest BCUT2D eigenvalue weighted by Gasteiger charge is 2.25. The van der Waals surface area contributed by atoms with E-state index >= 15 is 0 Å². The molecule has 0 saturated heterocycles. The molecule has 0 fully saturated rings. The predicted molar refractivity (Wildman–Crippen MR) is 72.3 cm³/mol. The monoisotopic (exact) mass is 289 g/mol. The van der Waals surface area contributed by atoms with Crippen molar-refractivity contribution in [2.45, 2.75) is 26.8 Å². The molecule has 0 aliphatic carbocycles. The third kappa shape index (κ3) is 3.23. The van der Waals surface area contributed by atoms with Gasteiger partial charge in [0.2, 0.25) is 0 Å². The number of hydrogen-bond acceptors (Lipinski definition) is 4. The van der Waals surface area contributed by atoms with Gasteiger partial charge < -0.3 is 9.64 Å². The molecule has 1 rings (SSSR count). The second kappa shape index (κ2) is 6.20. The third-order valence-electron chi connectivity index (χ3n) is 2.50. The second-order valence-electron chi connectivity index (χ2n) is 4.16. The fourth-order valence-electron chi connectivity index (χ4n) is 1.40. The summed E-state index contributed by atoms with van der Waals surface area (Å²) in [4.78, 5) is 25.5. The van der Waals surface area contributed by atoms with E-state index in [1.54, 1.807) is 0 Å². The van der Waals surface area contributed by atoms with Crippen molar-refractivity contribution in [2.24, 2.45) is 0 Å². The topological polar surface area (TPSA) is 46.6 Å². The van der Waals surface area contributed by atoms with Gasteiger partial charge in [-0.1, -0.05) is 11.6 Å². The summed E-state index contributed by atoms with van der Waals surface area (Å²) in [5.41, 5.74) is 0.867. The Morgan fingerprint density at radius 1 is 1.50 bits per heavy atom. The van der Waals surface area contributed by atoms with Crippen LogP contribution >= 0.6 is 22.9 Å². The van der Waals surface area contributed by atoms with Crippen LogP contribution in [-0.2, 0) is 9.53 Å². The predicted octanol–water partition coefficient (Wildman–Crippen LogP) is 2.73. The number of esters is 1. The van der Waals surface area contributed by atoms with Crippen molar-refractivity contribution in [3.05, 3.63) is 20.8 Å². The van der Waals surface area contributed by atoms with E-state index in [0.29, 0.717) is 9.90 Å². The van der Waals surface area contributed by atoms with Gasteiger partial charge in [0.25, 0.3) is 5.91 Å². The summed E-state index contributed by atoms with van der Waals surface area (Å²) in [5.74, 6) is -0.681. The standard InChI is InChI=1S/C12H16ClNO3S/c1-7(2)14(5-9(15)17-4)12(16)11-10(13)8(3)6-18-11/h6-7H,5H2,1-4H3. The van der Waals surface area contributed by atoms with Crippen LogP contribution in [0.15, 0.2) is 5.38 Å². The van der Waals surface area contributed by atoms with Crippen LogP contribution in [0.1, 0.15) is 29.1 Å². The molecule has 0 saturated carbocycles. The van der Waals surface area contributed by atoms with Gasteiger partial charge in [0.1, 0.15) is 11.4 Å². The Morgan fingerprint density at radius 2 is 2.11 bits per heavy atom. The van der Waals surface area contributed by atoms with Gasteiger partial charge in [0.15, 0.2) is 0 Å². The average molecular weight is 290 g/mol. The summed E-state index contributed by atoms with van der Waals surface area (Å²) in [6, 6.07) is -0.102. The molecule has 0 aliphatic heterocycles. The van der Waals surface area contributed by atoms with Crippen molar-refractivity contribution >= 4 is 34.8 Å². The zero-order chi connectivity index (χ0) is 13.9. The molecule has 100 valence electrons. The molecule has 0 aromatic carbocycles. The number of rotatable bonds is 4. The van der Waals surface area contributed by atoms with Gasteiger partial charge in [-0.2, -0.15) is 0 Å². The van der Waals surface area contributed by atoms with E-state index < -0.39 is 5.97 Å². The maximum absolute atomic E-state index is 12.3. The van der Waals surface area contributed by atoms with Crippen molar-refractivity contribution in [1.82, 2.24) is 4.90 Å². The first kappa shape index (κ1) is 15.0. The summed E-state index contributed by atoms with van der Waals surface area (Å²) in [6.07, 6.45) is 0. The lowest BCUT2D eigenvalue weighted by Gasteiger charge is -2.25. The molecular weight excluding hydrogens is 274 g/mol. The van der Waals surface area contributed by atoms with Crippen molar-refractivity contribution in [2.75, 3.05) is 13.7 Å². The Hall–Kier alpha value is -1.07. The van der Waals surface area contributed by atoms with Crippen LogP contribution in [0.25, 0.3) is 0 Å². The fraction of sp³-hybridized carbons (Fsp3) is 0.500. The van der Waals surface area contributed by atoms with Crippen LogP contribution in [0.3, 0.4) is 0 Å². The normalized spacial score (nSPS) is 10.6. The largest absolute Gasteiger partial charge is 0.468 e. The molecule has 4 nitrogen and oxygen atoms in total. The minimum atomic E-state index is -0.443. The molecule has 0 spiro atoms. The van der Waals surface area contributed by atoms with Crippen molar-refractivity contribution < 1.29 is 14.3 Å². The van der Waals surface area contributed by atoms with Gasteiger partial charge in [0.05, 0.1) is 12.1 Å². The van der Waals surface area contributed by atoms with Gasteiger partial charge >= 0.3 is 5.97 Å². The lowest BCUT2D eigenvalue weighted by molar-refractivity contribution is -0.141. The van der Waals surface area contributed by atoms with Gasteiger partial charge in [0, 0.05) is 6.04 Å². The average Bonchev–Trinajstić information content (AvgIpc) is 2.65. The number of halogens is 1. The highest BCUT2D eigenvalue weighted by molar-refractivity contribution is 7.13. The van der Waals surface area contributed by atoms with Gasteiger partial charge in [-0.15, -0.1) is 11.3 Å². The Kier molecular flexibility index (Phi) is 5.16. The number of carbonyl (C=O) groups excluding carboxylic acids is 2. The molecular formula is C12H16ClNO3S. The molecule has 1 aromatic heterocycles. The summed E-state index contributed by atoms with van der Waals surface area (Å²) < 4.78 is 4.59. The summed E-state index contributed by atoms with van der Waals surface area (Å²) >= 11 is 7.36. The van der Waals surface area contributed by atoms with Crippen molar-refractivity contribution in [3.63, 3.8) is 0 Å². The van der Waals surface area contributed by atoms with E-state index in [2.05, 4.69) is 4.74 Å². The van der Waals surface area contributed by atoms with E-state index in [9.17, 15) is 9.59 Å². The first-order chi connectivity index (χ1) is 8.38. The lowest BCUT2D eigenvalue weighted by atomic mass is 10.2. The smallest absolute Gasteiger partial charge is 0.325 e. The summed E-state index contributed by atoms with van der Waals surface area (Å²) in [6.45, 7) is 5.46. The van der Waals surface area contributed by atoms with E-state index in [1.165, 1.54) is 23.3 Å². The van der Waals surface area contributed by atoms with Crippen LogP contribution in [0.4, 0.5) is 0 Å². The van der Waals surface area contributed by atoms with E-state index in [4.69, 9.17) is 11.6 Å². The molecule has 1 heterocycles. The number of methoxy groups -OCH3 is 1. The van der Waals surface area contributed by atoms with Crippen molar-refractivity contribution in [1.29, 1.82) is 0 Å². The SMILES string of the molecule is COC(=O)CN(C(=O)c1scc(C)c1Cl)C(C)C. The number of ether oxygens (including phenoxy) is 1. The first-order valence-corrected chi connectivity index (χ1v) is 6.75. The Bertz CT molecular complexity index is 456. The molecule has 0 unspecified atom stereocenters. The molecule has 18 heavy (non-hydrogen) atoms. The minimum absolute atomic E-state index is 0.0692. The molecule has 0 aliphatic rings. The Labute approximate surface area is 115 Å². The van der Waals surface area contributed by atoms with Crippen LogP contribution in [0.5, 0.6) is 0 Å². The lowest BCUT2D eigenvalue weighted by Crippen LogP contribution is -2.40. The second-order valence-corrected chi connectivity index (χ2v) is 5.42. The van der Waals surface area contributed by atoms with Crippen molar-refractivity contribution in [3.8, 4) is 0 Å². The van der Waals surface area contributed by atoms with E-state index in [1.807, 2.05) is 26.2 Å². The first-order valence-electron chi connectivity index (χ1n) is 5.49. The molecule has 1 aromatic rings. The maximum Gasteiger partial charge on any atom is 0.325 e. The number of carbonyl (C=O) groups is 2. The fourth-order valence-corrected chi connectivity index (χ4v) is 2.63. The number of nitrogens with zero attached hydrogens (tertiary/aromatic N) is 1. The van der Waals surface area contributed by atoms with Gasteiger partial charge in [-0.3, -0.25) is 9.59 Å². The highest BCUT2D eigenvalue weighted by atomic mass is 35.5. The maximum atomic E-state index is 12.3. The van der Waals surface area contributed by atoms with Crippen LogP contribution in [0, 0.1) is 6.92 Å². The number of thiophene rings is 1. The van der Waals surface area contributed by atoms with Crippen LogP contribution < -0.4 is 0 Å². The molecule has 0 N–H and O–H groups in total. The quantitative estimate of drug-likeness (QED) is 0.801. The van der Waals surface area contributed by atoms with E-state index in [0.717, 1.165) is 5.56 Å². The highest BCUT2D eigenvalue weighted by Crippen LogP contribution is 2.28. The Morgan fingerprint density at radius 3 is 2.50 bits per heavy atom. The summed E-state index contributed by atoms with van der Waals surface area (Å²) in [5, 5.41) is 2.28. The molecule has 0 bridgehead atoms. The molecule has 6 heteroatoms. The number of aryl methyl sites for hydroxylation is 1. The zero-order valence-corrected chi connectivity index (χ0v) is 12.4. The van der Waals surface area contributed by atoms with E-state index in [-0.39, 0.29) is 18.5 Å². The molecule has 1 amide bonds. The molecule has 0 radical (unpaired) electrons. The van der Waals surface area contributed by atoms with Crippen LogP contribution in [0.2, 0.25) is 5.02 Å². The summed E-state index contributed by atoms with van der Waals surface area (Å²) in [7, 11) is 1.30. The number of hydrogen-bond donors (Lipinski definition) is 0. The van der Waals surface area contributed by atoms with Crippen LogP contribution in [-0.4, -0.2) is 36.5 Å². The zero-order valence-electron chi connectivity index (χ0n) is 10.8. The Balaban J connectivity index is 2.96. The third-order valence-corrected chi connectivity index (χ3v) is 4.19. The minimum Gasteiger partial charge on any atom is -0.468 e. The number of amides is 1. The van der Waals surface area contributed by atoms with Gasteiger partial charge in [-0.05, 0) is 31.7 Å².